The van der Waals surface area contributed by atoms with Gasteiger partial charge in [-0.1, -0.05) is 24.3 Å². The molecule has 144 valence electrons. The highest BCUT2D eigenvalue weighted by Gasteiger charge is 2.39. The average molecular weight is 377 g/mol. The van der Waals surface area contributed by atoms with E-state index in [1.807, 2.05) is 0 Å². The van der Waals surface area contributed by atoms with Gasteiger partial charge >= 0.3 is 6.18 Å². The lowest BCUT2D eigenvalue weighted by Crippen LogP contribution is -2.14. The third-order valence-corrected chi connectivity index (χ3v) is 5.72. The molecule has 0 radical (unpaired) electrons. The number of aryl methyl sites for hydroxylation is 2. The van der Waals surface area contributed by atoms with Crippen molar-refractivity contribution in [1.82, 2.24) is 0 Å². The Hall–Kier alpha value is -2.37. The minimum absolute atomic E-state index is 0.00898. The van der Waals surface area contributed by atoms with Crippen molar-refractivity contribution in [2.75, 3.05) is 0 Å². The van der Waals surface area contributed by atoms with Crippen molar-refractivity contribution in [2.45, 2.75) is 57.5 Å². The van der Waals surface area contributed by atoms with E-state index in [0.717, 1.165) is 37.8 Å². The Labute approximate surface area is 156 Å². The molecule has 0 spiro atoms. The van der Waals surface area contributed by atoms with Crippen LogP contribution in [0.4, 0.5) is 18.9 Å². The topological polar surface area (TPSA) is 43.1 Å². The molecule has 1 aliphatic carbocycles. The number of hydrogen-bond acceptors (Lipinski definition) is 2. The molecule has 2 aromatic rings. The molecule has 1 saturated carbocycles. The normalized spacial score (nSPS) is 20.5. The number of hydrogen-bond donors (Lipinski definition) is 0. The minimum atomic E-state index is -4.73. The smallest absolute Gasteiger partial charge is 0.258 e. The minimum Gasteiger partial charge on any atom is -0.258 e. The maximum Gasteiger partial charge on any atom is 0.423 e. The highest BCUT2D eigenvalue weighted by molar-refractivity contribution is 5.45. The fraction of sp³-hybridized carbons (Fsp3) is 0.429. The summed E-state index contributed by atoms with van der Waals surface area (Å²) < 4.78 is 39.6. The zero-order valence-corrected chi connectivity index (χ0v) is 15.3. The molecule has 2 aromatic carbocycles. The number of halogens is 3. The fourth-order valence-corrected chi connectivity index (χ4v) is 3.97. The summed E-state index contributed by atoms with van der Waals surface area (Å²) in [5.41, 5.74) is 2.30. The maximum absolute atomic E-state index is 13.2. The molecule has 3 rings (SSSR count). The van der Waals surface area contributed by atoms with Gasteiger partial charge in [-0.2, -0.15) is 13.2 Å². The van der Waals surface area contributed by atoms with Crippen molar-refractivity contribution >= 4 is 5.69 Å². The molecule has 0 aromatic heterocycles. The second-order valence-electron chi connectivity index (χ2n) is 7.42. The molecule has 0 saturated heterocycles. The number of nitro groups is 1. The average Bonchev–Trinajstić information content (AvgIpc) is 2.63. The first-order chi connectivity index (χ1) is 12.7. The van der Waals surface area contributed by atoms with Crippen molar-refractivity contribution < 1.29 is 18.1 Å². The summed E-state index contributed by atoms with van der Waals surface area (Å²) in [6.45, 7) is 4.16. The largest absolute Gasteiger partial charge is 0.423 e. The summed E-state index contributed by atoms with van der Waals surface area (Å²) >= 11 is 0. The first-order valence-electron chi connectivity index (χ1n) is 9.09. The van der Waals surface area contributed by atoms with Gasteiger partial charge in [-0.25, -0.2) is 0 Å². The molecule has 0 N–H and O–H groups in total. The molecule has 0 amide bonds. The van der Waals surface area contributed by atoms with E-state index in [1.54, 1.807) is 0 Å². The Morgan fingerprint density at radius 3 is 1.89 bits per heavy atom. The molecule has 1 aliphatic rings. The lowest BCUT2D eigenvalue weighted by atomic mass is 9.75. The predicted octanol–water partition coefficient (Wildman–Crippen LogP) is 6.67. The van der Waals surface area contributed by atoms with Crippen LogP contribution in [-0.4, -0.2) is 4.92 Å². The summed E-state index contributed by atoms with van der Waals surface area (Å²) in [5.74, 6) is 0.426. The summed E-state index contributed by atoms with van der Waals surface area (Å²) in [6.07, 6.45) is -1.34. The first-order valence-corrected chi connectivity index (χ1v) is 9.09. The van der Waals surface area contributed by atoms with Gasteiger partial charge in [0.15, 0.2) is 0 Å². The van der Waals surface area contributed by atoms with Crippen LogP contribution < -0.4 is 0 Å². The van der Waals surface area contributed by atoms with Crippen LogP contribution in [0, 0.1) is 24.0 Å². The summed E-state index contributed by atoms with van der Waals surface area (Å²) in [6, 6.07) is 9.90. The third kappa shape index (κ3) is 4.15. The Balaban J connectivity index is 1.78. The van der Waals surface area contributed by atoms with Gasteiger partial charge in [-0.05, 0) is 79.7 Å². The molecule has 0 atom stereocenters. The van der Waals surface area contributed by atoms with E-state index in [4.69, 9.17) is 0 Å². The molecule has 0 unspecified atom stereocenters. The van der Waals surface area contributed by atoms with Crippen LogP contribution in [-0.2, 0) is 6.18 Å². The van der Waals surface area contributed by atoms with E-state index < -0.39 is 22.4 Å². The van der Waals surface area contributed by atoms with Crippen LogP contribution in [0.25, 0.3) is 0 Å². The third-order valence-electron chi connectivity index (χ3n) is 5.72. The SMILES string of the molecule is Cc1ccc(C2CCC(c3ccc([N+](=O)[O-])c(C(F)(F)F)c3)CC2)cc1C. The zero-order valence-electron chi connectivity index (χ0n) is 15.3. The number of rotatable bonds is 3. The van der Waals surface area contributed by atoms with E-state index in [0.29, 0.717) is 11.5 Å². The van der Waals surface area contributed by atoms with E-state index in [9.17, 15) is 23.3 Å². The van der Waals surface area contributed by atoms with Crippen LogP contribution in [0.5, 0.6) is 0 Å². The summed E-state index contributed by atoms with van der Waals surface area (Å²) in [4.78, 5) is 9.94. The van der Waals surface area contributed by atoms with Crippen molar-refractivity contribution in [2.24, 2.45) is 0 Å². The first kappa shape index (κ1) is 19.4. The van der Waals surface area contributed by atoms with Gasteiger partial charge in [0.2, 0.25) is 0 Å². The van der Waals surface area contributed by atoms with Gasteiger partial charge in [0.05, 0.1) is 4.92 Å². The number of nitro benzene ring substituents is 1. The van der Waals surface area contributed by atoms with Crippen molar-refractivity contribution in [1.29, 1.82) is 0 Å². The highest BCUT2D eigenvalue weighted by Crippen LogP contribution is 2.43. The summed E-state index contributed by atoms with van der Waals surface area (Å²) in [7, 11) is 0. The van der Waals surface area contributed by atoms with Crippen molar-refractivity contribution in [3.8, 4) is 0 Å². The molecular formula is C21H22F3NO2. The van der Waals surface area contributed by atoms with Crippen LogP contribution in [0.1, 0.15) is 65.3 Å². The quantitative estimate of drug-likeness (QED) is 0.443. The molecule has 0 aliphatic heterocycles. The van der Waals surface area contributed by atoms with Gasteiger partial charge in [-0.15, -0.1) is 0 Å². The van der Waals surface area contributed by atoms with Crippen molar-refractivity contribution in [3.63, 3.8) is 0 Å². The Kier molecular flexibility index (Phi) is 5.27. The van der Waals surface area contributed by atoms with E-state index in [-0.39, 0.29) is 5.92 Å². The molecule has 0 heterocycles. The number of nitrogens with zero attached hydrogens (tertiary/aromatic N) is 1. The Morgan fingerprint density at radius 2 is 1.41 bits per heavy atom. The van der Waals surface area contributed by atoms with E-state index >= 15 is 0 Å². The monoisotopic (exact) mass is 377 g/mol. The second-order valence-corrected chi connectivity index (χ2v) is 7.42. The van der Waals surface area contributed by atoms with E-state index in [1.165, 1.54) is 22.8 Å². The molecule has 3 nitrogen and oxygen atoms in total. The van der Waals surface area contributed by atoms with Gasteiger partial charge in [0.25, 0.3) is 5.69 Å². The lowest BCUT2D eigenvalue weighted by Gasteiger charge is -2.29. The zero-order chi connectivity index (χ0) is 19.8. The predicted molar refractivity (Wildman–Crippen MR) is 98.0 cm³/mol. The van der Waals surface area contributed by atoms with Gasteiger partial charge < -0.3 is 0 Å². The van der Waals surface area contributed by atoms with Gasteiger partial charge in [0, 0.05) is 6.07 Å². The maximum atomic E-state index is 13.2. The summed E-state index contributed by atoms with van der Waals surface area (Å²) in [5, 5.41) is 10.9. The molecule has 0 bridgehead atoms. The second kappa shape index (κ2) is 7.33. The highest BCUT2D eigenvalue weighted by atomic mass is 19.4. The molecule has 6 heteroatoms. The van der Waals surface area contributed by atoms with Crippen LogP contribution in [0.15, 0.2) is 36.4 Å². The Morgan fingerprint density at radius 1 is 0.889 bits per heavy atom. The van der Waals surface area contributed by atoms with E-state index in [2.05, 4.69) is 32.0 Å². The van der Waals surface area contributed by atoms with Crippen LogP contribution in [0.3, 0.4) is 0 Å². The molecule has 1 fully saturated rings. The van der Waals surface area contributed by atoms with Gasteiger partial charge in [0.1, 0.15) is 5.56 Å². The Bertz CT molecular complexity index is 853. The lowest BCUT2D eigenvalue weighted by molar-refractivity contribution is -0.388. The molecule has 27 heavy (non-hydrogen) atoms. The number of benzene rings is 2. The standard InChI is InChI=1S/C21H22F3NO2/c1-13-3-4-17(11-14(13)2)15-5-7-16(8-6-15)18-9-10-20(25(26)27)19(12-18)21(22,23)24/h3-4,9-12,15-16H,5-8H2,1-2H3. The van der Waals surface area contributed by atoms with Crippen LogP contribution in [0.2, 0.25) is 0 Å². The van der Waals surface area contributed by atoms with Crippen molar-refractivity contribution in [3.05, 3.63) is 74.3 Å². The van der Waals surface area contributed by atoms with Crippen LogP contribution >= 0.6 is 0 Å². The van der Waals surface area contributed by atoms with Gasteiger partial charge in [-0.3, -0.25) is 10.1 Å². The fourth-order valence-electron chi connectivity index (χ4n) is 3.97. The molecular weight excluding hydrogens is 355 g/mol. The number of alkyl halides is 3.